The minimum atomic E-state index is -0.371. The molecule has 1 N–H and O–H groups in total. The number of hydrogen-bond donors (Lipinski definition) is 1. The van der Waals surface area contributed by atoms with Gasteiger partial charge in [0.1, 0.15) is 11.9 Å². The molecule has 2 heterocycles. The number of para-hydroxylation sites is 1. The average molecular weight is 280 g/mol. The van der Waals surface area contributed by atoms with Gasteiger partial charge >= 0.3 is 0 Å². The molecule has 1 fully saturated rings. The van der Waals surface area contributed by atoms with Gasteiger partial charge in [-0.25, -0.2) is 0 Å². The largest absolute Gasteiger partial charge is 0.486 e. The van der Waals surface area contributed by atoms with Gasteiger partial charge in [0, 0.05) is 23.9 Å². The van der Waals surface area contributed by atoms with E-state index in [1.165, 1.54) is 4.90 Å². The molecule has 2 aliphatic heterocycles. The normalized spacial score (nSPS) is 25.4. The molecule has 2 unspecified atom stereocenters. The van der Waals surface area contributed by atoms with E-state index >= 15 is 0 Å². The molecule has 1 aromatic carbocycles. The van der Waals surface area contributed by atoms with Gasteiger partial charge in [-0.1, -0.05) is 12.1 Å². The topological polar surface area (TPSA) is 38.7 Å². The molecule has 0 amide bonds. The van der Waals surface area contributed by atoms with Gasteiger partial charge in [0.15, 0.2) is 0 Å². The Bertz CT molecular complexity index is 418. The molecule has 0 spiro atoms. The van der Waals surface area contributed by atoms with Crippen molar-refractivity contribution in [3.8, 4) is 5.75 Å². The van der Waals surface area contributed by atoms with Gasteiger partial charge in [-0.15, -0.1) is 11.8 Å². The van der Waals surface area contributed by atoms with E-state index < -0.39 is 0 Å². The van der Waals surface area contributed by atoms with Crippen molar-refractivity contribution in [3.05, 3.63) is 24.3 Å². The van der Waals surface area contributed by atoms with Crippen LogP contribution in [-0.4, -0.2) is 36.3 Å². The highest BCUT2D eigenvalue weighted by Gasteiger charge is 2.29. The van der Waals surface area contributed by atoms with Crippen molar-refractivity contribution in [1.29, 1.82) is 0 Å². The van der Waals surface area contributed by atoms with Crippen LogP contribution in [0, 0.1) is 5.92 Å². The molecule has 4 heteroatoms. The molecule has 1 saturated heterocycles. The molecular formula is C15H20O3S. The number of aliphatic hydroxyl groups excluding tert-OH is 1. The minimum absolute atomic E-state index is 0.0808. The molecule has 19 heavy (non-hydrogen) atoms. The summed E-state index contributed by atoms with van der Waals surface area (Å²) in [5.74, 6) is 2.32. The number of fused-ring (bicyclic) bond motifs is 1. The van der Waals surface area contributed by atoms with Gasteiger partial charge in [-0.2, -0.15) is 0 Å². The van der Waals surface area contributed by atoms with Crippen molar-refractivity contribution >= 4 is 11.8 Å². The minimum Gasteiger partial charge on any atom is -0.486 e. The summed E-state index contributed by atoms with van der Waals surface area (Å²) in [5, 5.41) is 10.4. The summed E-state index contributed by atoms with van der Waals surface area (Å²) in [6.45, 7) is 1.67. The summed E-state index contributed by atoms with van der Waals surface area (Å²) in [6.07, 6.45) is 2.50. The van der Waals surface area contributed by atoms with Gasteiger partial charge in [-0.05, 0) is 37.3 Å². The molecule has 2 aliphatic rings. The van der Waals surface area contributed by atoms with Crippen molar-refractivity contribution in [2.45, 2.75) is 36.4 Å². The lowest BCUT2D eigenvalue weighted by Crippen LogP contribution is -2.38. The first-order chi connectivity index (χ1) is 9.33. The summed E-state index contributed by atoms with van der Waals surface area (Å²) < 4.78 is 11.3. The fraction of sp³-hybridized carbons (Fsp3) is 0.600. The van der Waals surface area contributed by atoms with Crippen molar-refractivity contribution in [2.24, 2.45) is 5.92 Å². The zero-order valence-corrected chi connectivity index (χ0v) is 11.8. The Labute approximate surface area is 118 Å². The van der Waals surface area contributed by atoms with Gasteiger partial charge in [0.2, 0.25) is 0 Å². The van der Waals surface area contributed by atoms with E-state index in [0.717, 1.165) is 44.0 Å². The van der Waals surface area contributed by atoms with E-state index in [0.29, 0.717) is 5.92 Å². The summed E-state index contributed by atoms with van der Waals surface area (Å²) in [6, 6.07) is 8.05. The van der Waals surface area contributed by atoms with Crippen LogP contribution in [0.3, 0.4) is 0 Å². The summed E-state index contributed by atoms with van der Waals surface area (Å²) in [7, 11) is 0. The summed E-state index contributed by atoms with van der Waals surface area (Å²) >= 11 is 1.78. The van der Waals surface area contributed by atoms with Crippen molar-refractivity contribution in [3.63, 3.8) is 0 Å². The Hall–Kier alpha value is -0.710. The first kappa shape index (κ1) is 13.3. The second-order valence-electron chi connectivity index (χ2n) is 5.27. The van der Waals surface area contributed by atoms with Gasteiger partial charge in [-0.3, -0.25) is 0 Å². The Morgan fingerprint density at radius 1 is 1.26 bits per heavy atom. The molecule has 0 bridgehead atoms. The number of rotatable bonds is 3. The smallest absolute Gasteiger partial charge is 0.134 e. The van der Waals surface area contributed by atoms with Crippen LogP contribution in [0.25, 0.3) is 0 Å². The third-order valence-electron chi connectivity index (χ3n) is 3.88. The van der Waals surface area contributed by atoms with Gasteiger partial charge in [0.05, 0.1) is 6.10 Å². The van der Waals surface area contributed by atoms with Crippen molar-refractivity contribution < 1.29 is 14.6 Å². The Morgan fingerprint density at radius 3 is 2.89 bits per heavy atom. The second kappa shape index (κ2) is 6.16. The lowest BCUT2D eigenvalue weighted by molar-refractivity contribution is 0.00451. The Kier molecular flexibility index (Phi) is 4.31. The molecule has 1 aromatic rings. The highest BCUT2D eigenvalue weighted by atomic mass is 32.2. The number of thioether (sulfide) groups is 1. The van der Waals surface area contributed by atoms with Gasteiger partial charge in [0.25, 0.3) is 0 Å². The molecule has 0 aliphatic carbocycles. The Balaban J connectivity index is 1.58. The maximum atomic E-state index is 10.4. The van der Waals surface area contributed by atoms with Crippen LogP contribution in [0.4, 0.5) is 0 Å². The first-order valence-electron chi connectivity index (χ1n) is 6.97. The highest BCUT2D eigenvalue weighted by Crippen LogP contribution is 2.36. The molecule has 3 nitrogen and oxygen atoms in total. The van der Waals surface area contributed by atoms with Crippen LogP contribution in [0.5, 0.6) is 5.75 Å². The van der Waals surface area contributed by atoms with E-state index in [1.807, 2.05) is 18.2 Å². The first-order valence-corrected chi connectivity index (χ1v) is 7.96. The van der Waals surface area contributed by atoms with Crippen molar-refractivity contribution in [1.82, 2.24) is 0 Å². The fourth-order valence-corrected chi connectivity index (χ4v) is 3.77. The quantitative estimate of drug-likeness (QED) is 0.924. The maximum absolute atomic E-state index is 10.4. The number of ether oxygens (including phenoxy) is 2. The van der Waals surface area contributed by atoms with Crippen LogP contribution < -0.4 is 4.74 Å². The monoisotopic (exact) mass is 280 g/mol. The molecule has 0 aromatic heterocycles. The summed E-state index contributed by atoms with van der Waals surface area (Å²) in [4.78, 5) is 1.18. The number of benzene rings is 1. The van der Waals surface area contributed by atoms with Gasteiger partial charge < -0.3 is 14.6 Å². The Morgan fingerprint density at radius 2 is 2.05 bits per heavy atom. The molecular weight excluding hydrogens is 260 g/mol. The molecule has 0 radical (unpaired) electrons. The SMILES string of the molecule is OC(CC1CCOCC1)C1CSc2ccccc2O1. The zero-order chi connectivity index (χ0) is 13.1. The second-order valence-corrected chi connectivity index (χ2v) is 6.33. The number of aliphatic hydroxyl groups is 1. The highest BCUT2D eigenvalue weighted by molar-refractivity contribution is 7.99. The molecule has 104 valence electrons. The van der Waals surface area contributed by atoms with Crippen LogP contribution in [0.15, 0.2) is 29.2 Å². The zero-order valence-electron chi connectivity index (χ0n) is 11.0. The van der Waals surface area contributed by atoms with Crippen LogP contribution in [0.1, 0.15) is 19.3 Å². The molecule has 2 atom stereocenters. The van der Waals surface area contributed by atoms with E-state index in [-0.39, 0.29) is 12.2 Å². The predicted octanol–water partition coefficient (Wildman–Crippen LogP) is 2.72. The van der Waals surface area contributed by atoms with E-state index in [4.69, 9.17) is 9.47 Å². The van der Waals surface area contributed by atoms with Crippen molar-refractivity contribution in [2.75, 3.05) is 19.0 Å². The lowest BCUT2D eigenvalue weighted by atomic mass is 9.92. The standard InChI is InChI=1S/C15H20O3S/c16-12(9-11-5-7-17-8-6-11)14-10-19-15-4-2-1-3-13(15)18-14/h1-4,11-12,14,16H,5-10H2. The third-order valence-corrected chi connectivity index (χ3v) is 5.02. The fourth-order valence-electron chi connectivity index (χ4n) is 2.70. The van der Waals surface area contributed by atoms with Crippen LogP contribution in [0.2, 0.25) is 0 Å². The van der Waals surface area contributed by atoms with E-state index in [9.17, 15) is 5.11 Å². The number of hydrogen-bond acceptors (Lipinski definition) is 4. The third kappa shape index (κ3) is 3.25. The molecule has 0 saturated carbocycles. The summed E-state index contributed by atoms with van der Waals surface area (Å²) in [5.41, 5.74) is 0. The molecule has 3 rings (SSSR count). The van der Waals surface area contributed by atoms with Crippen LogP contribution in [-0.2, 0) is 4.74 Å². The lowest BCUT2D eigenvalue weighted by Gasteiger charge is -2.32. The van der Waals surface area contributed by atoms with E-state index in [1.54, 1.807) is 11.8 Å². The van der Waals surface area contributed by atoms with E-state index in [2.05, 4.69) is 6.07 Å². The average Bonchev–Trinajstić information content (AvgIpc) is 2.48. The van der Waals surface area contributed by atoms with Crippen LogP contribution >= 0.6 is 11.8 Å². The predicted molar refractivity (Wildman–Crippen MR) is 75.7 cm³/mol. The maximum Gasteiger partial charge on any atom is 0.134 e.